The maximum absolute atomic E-state index is 13.1. The molecule has 0 spiro atoms. The van der Waals surface area contributed by atoms with Gasteiger partial charge < -0.3 is 18.4 Å². The Morgan fingerprint density at radius 3 is 2.36 bits per heavy atom. The lowest BCUT2D eigenvalue weighted by molar-refractivity contribution is 0.112. The fourth-order valence-electron chi connectivity index (χ4n) is 5.96. The number of rotatable bonds is 16. The molecule has 8 heteroatoms. The molecule has 0 saturated heterocycles. The Morgan fingerprint density at radius 1 is 1.07 bits per heavy atom. The molecule has 0 amide bonds. The second-order valence-corrected chi connectivity index (χ2v) is 13.8. The standard InChI is InChI=1S/C36H48O7S/c1-9-13-26(5)32(38)17-16-23(2)18-24(3)19-25(4)20-27(6)33-21-30-31(22-37)36(35(41-8)28(7)34(30)42-33)43-44(39,40)29-14-11-10-12-15-29/h9-15,18,21-23,25-27,32,38H,16-17,19-20H2,1-8H3/b13-9+,24-18+/t23-,25+,26+,27-,32+/m0/s1. The summed E-state index contributed by atoms with van der Waals surface area (Å²) in [4.78, 5) is 12.3. The number of hydrogen-bond acceptors (Lipinski definition) is 7. The minimum Gasteiger partial charge on any atom is -0.492 e. The summed E-state index contributed by atoms with van der Waals surface area (Å²) in [6.07, 6.45) is 10.1. The van der Waals surface area contributed by atoms with Gasteiger partial charge in [-0.15, -0.1) is 0 Å². The highest BCUT2D eigenvalue weighted by Gasteiger charge is 2.28. The fraction of sp³-hybridized carbons (Fsp3) is 0.472. The third-order valence-corrected chi connectivity index (χ3v) is 9.46. The van der Waals surface area contributed by atoms with Crippen molar-refractivity contribution in [3.8, 4) is 11.5 Å². The van der Waals surface area contributed by atoms with Gasteiger partial charge in [0.25, 0.3) is 0 Å². The largest absolute Gasteiger partial charge is 0.492 e. The van der Waals surface area contributed by atoms with Crippen LogP contribution in [0, 0.1) is 24.7 Å². The molecular weight excluding hydrogens is 576 g/mol. The van der Waals surface area contributed by atoms with Crippen LogP contribution in [0.4, 0.5) is 0 Å². The molecule has 44 heavy (non-hydrogen) atoms. The Morgan fingerprint density at radius 2 is 1.75 bits per heavy atom. The zero-order valence-corrected chi connectivity index (χ0v) is 28.1. The maximum atomic E-state index is 13.1. The van der Waals surface area contributed by atoms with Gasteiger partial charge in [-0.05, 0) is 82.4 Å². The SMILES string of the molecule is C/C=C/[C@@H](C)[C@H](O)CC[C@H](C)/C=C(\C)C[C@@H](C)C[C@H](C)c1cc2c(C=O)c(OS(=O)(=O)c3ccccc3)c(OC)c(C)c2o1. The van der Waals surface area contributed by atoms with Crippen molar-refractivity contribution < 1.29 is 31.7 Å². The van der Waals surface area contributed by atoms with E-state index in [9.17, 15) is 18.3 Å². The first-order chi connectivity index (χ1) is 20.8. The quantitative estimate of drug-likeness (QED) is 0.0965. The van der Waals surface area contributed by atoms with Crippen molar-refractivity contribution in [2.24, 2.45) is 17.8 Å². The minimum atomic E-state index is -4.21. The number of aliphatic hydroxyl groups is 1. The summed E-state index contributed by atoms with van der Waals surface area (Å²) in [7, 11) is -2.81. The first kappa shape index (κ1) is 35.1. The lowest BCUT2D eigenvalue weighted by Crippen LogP contribution is -2.16. The molecule has 0 bridgehead atoms. The molecule has 0 aliphatic carbocycles. The molecule has 0 aliphatic rings. The number of carbonyl (C=O) groups excluding carboxylic acids is 1. The van der Waals surface area contributed by atoms with Crippen LogP contribution in [-0.2, 0) is 10.1 Å². The van der Waals surface area contributed by atoms with E-state index in [4.69, 9.17) is 13.3 Å². The van der Waals surface area contributed by atoms with Crippen molar-refractivity contribution in [1.82, 2.24) is 0 Å². The molecule has 3 rings (SSSR count). The summed E-state index contributed by atoms with van der Waals surface area (Å²) < 4.78 is 43.5. The molecule has 7 nitrogen and oxygen atoms in total. The second-order valence-electron chi connectivity index (χ2n) is 12.2. The molecule has 240 valence electrons. The van der Waals surface area contributed by atoms with Crippen LogP contribution in [0.25, 0.3) is 11.0 Å². The second kappa shape index (κ2) is 15.6. The number of fused-ring (bicyclic) bond motifs is 1. The Hall–Kier alpha value is -3.36. The van der Waals surface area contributed by atoms with Crippen molar-refractivity contribution >= 4 is 27.4 Å². The topological polar surface area (TPSA) is 103 Å². The smallest absolute Gasteiger partial charge is 0.339 e. The van der Waals surface area contributed by atoms with E-state index in [-0.39, 0.29) is 39.9 Å². The van der Waals surface area contributed by atoms with Gasteiger partial charge in [0.15, 0.2) is 17.8 Å². The molecular formula is C36H48O7S. The summed E-state index contributed by atoms with van der Waals surface area (Å²) in [5, 5.41) is 10.9. The third kappa shape index (κ3) is 8.63. The van der Waals surface area contributed by atoms with Gasteiger partial charge in [-0.25, -0.2) is 0 Å². The summed E-state index contributed by atoms with van der Waals surface area (Å²) in [6.45, 7) is 14.4. The Kier molecular flexibility index (Phi) is 12.4. The Labute approximate surface area is 263 Å². The van der Waals surface area contributed by atoms with Crippen molar-refractivity contribution in [1.29, 1.82) is 0 Å². The molecule has 3 aromatic rings. The van der Waals surface area contributed by atoms with E-state index in [1.54, 1.807) is 25.1 Å². The molecule has 1 N–H and O–H groups in total. The van der Waals surface area contributed by atoms with E-state index in [0.717, 1.165) is 25.7 Å². The van der Waals surface area contributed by atoms with Crippen molar-refractivity contribution in [3.05, 3.63) is 77.1 Å². The van der Waals surface area contributed by atoms with E-state index < -0.39 is 10.1 Å². The Balaban J connectivity index is 1.78. The van der Waals surface area contributed by atoms with Crippen LogP contribution in [0.3, 0.4) is 0 Å². The first-order valence-electron chi connectivity index (χ1n) is 15.4. The monoisotopic (exact) mass is 624 g/mol. The van der Waals surface area contributed by atoms with Gasteiger partial charge in [0, 0.05) is 16.9 Å². The molecule has 0 fully saturated rings. The van der Waals surface area contributed by atoms with E-state index >= 15 is 0 Å². The van der Waals surface area contributed by atoms with Gasteiger partial charge in [0.1, 0.15) is 16.2 Å². The van der Waals surface area contributed by atoms with E-state index in [2.05, 4.69) is 33.8 Å². The number of ether oxygens (including phenoxy) is 1. The van der Waals surface area contributed by atoms with Crippen LogP contribution < -0.4 is 8.92 Å². The number of aldehydes is 1. The van der Waals surface area contributed by atoms with Gasteiger partial charge in [-0.3, -0.25) is 4.79 Å². The van der Waals surface area contributed by atoms with Crippen molar-refractivity contribution in [3.63, 3.8) is 0 Å². The molecule has 0 aliphatic heterocycles. The summed E-state index contributed by atoms with van der Waals surface area (Å²) in [5.74, 6) is 1.66. The fourth-order valence-corrected chi connectivity index (χ4v) is 6.93. The van der Waals surface area contributed by atoms with Crippen molar-refractivity contribution in [2.75, 3.05) is 7.11 Å². The number of allylic oxidation sites excluding steroid dienone is 3. The summed E-state index contributed by atoms with van der Waals surface area (Å²) in [6, 6.07) is 9.59. The number of hydrogen-bond donors (Lipinski definition) is 1. The molecule has 1 heterocycles. The van der Waals surface area contributed by atoms with Gasteiger partial charge in [-0.1, -0.05) is 69.7 Å². The lowest BCUT2D eigenvalue weighted by Gasteiger charge is -2.19. The Bertz CT molecular complexity index is 1570. The van der Waals surface area contributed by atoms with Gasteiger partial charge >= 0.3 is 10.1 Å². The predicted molar refractivity (Wildman–Crippen MR) is 176 cm³/mol. The van der Waals surface area contributed by atoms with E-state index in [0.29, 0.717) is 40.4 Å². The summed E-state index contributed by atoms with van der Waals surface area (Å²) >= 11 is 0. The van der Waals surface area contributed by atoms with Crippen LogP contribution in [0.1, 0.15) is 94.8 Å². The number of carbonyl (C=O) groups is 1. The highest BCUT2D eigenvalue weighted by Crippen LogP contribution is 2.44. The van der Waals surface area contributed by atoms with E-state index in [1.165, 1.54) is 24.8 Å². The molecule has 5 atom stereocenters. The van der Waals surface area contributed by atoms with Crippen LogP contribution >= 0.6 is 0 Å². The number of methoxy groups -OCH3 is 1. The predicted octanol–water partition coefficient (Wildman–Crippen LogP) is 8.79. The van der Waals surface area contributed by atoms with Crippen LogP contribution in [0.2, 0.25) is 0 Å². The normalized spacial score (nSPS) is 16.1. The molecule has 0 radical (unpaired) electrons. The first-order valence-corrected chi connectivity index (χ1v) is 16.8. The number of benzene rings is 2. The number of aryl methyl sites for hydroxylation is 1. The van der Waals surface area contributed by atoms with Gasteiger partial charge in [0.2, 0.25) is 0 Å². The van der Waals surface area contributed by atoms with Gasteiger partial charge in [0.05, 0.1) is 18.8 Å². The number of furan rings is 1. The highest BCUT2D eigenvalue weighted by molar-refractivity contribution is 7.87. The van der Waals surface area contributed by atoms with Crippen molar-refractivity contribution in [2.45, 2.75) is 91.1 Å². The zero-order chi connectivity index (χ0) is 32.6. The van der Waals surface area contributed by atoms with Crippen LogP contribution in [0.15, 0.2) is 69.5 Å². The molecule has 0 unspecified atom stereocenters. The average Bonchev–Trinajstić information content (AvgIpc) is 3.42. The molecule has 2 aromatic carbocycles. The average molecular weight is 625 g/mol. The zero-order valence-electron chi connectivity index (χ0n) is 27.3. The van der Waals surface area contributed by atoms with Crippen LogP contribution in [-0.4, -0.2) is 33.0 Å². The highest BCUT2D eigenvalue weighted by atomic mass is 32.2. The maximum Gasteiger partial charge on any atom is 0.339 e. The molecule has 1 aromatic heterocycles. The summed E-state index contributed by atoms with van der Waals surface area (Å²) in [5.41, 5.74) is 2.41. The van der Waals surface area contributed by atoms with Crippen LogP contribution in [0.5, 0.6) is 11.5 Å². The lowest BCUT2D eigenvalue weighted by atomic mass is 9.89. The molecule has 0 saturated carbocycles. The minimum absolute atomic E-state index is 0.0255. The van der Waals surface area contributed by atoms with E-state index in [1.807, 2.05) is 32.1 Å². The third-order valence-electron chi connectivity index (χ3n) is 8.22. The number of aliphatic hydroxyl groups excluding tert-OH is 1. The van der Waals surface area contributed by atoms with Gasteiger partial charge in [-0.2, -0.15) is 8.42 Å².